The molecular formula is C24H22N2O3. The van der Waals surface area contributed by atoms with Crippen molar-refractivity contribution in [2.45, 2.75) is 0 Å². The zero-order chi connectivity index (χ0) is 20.2. The Labute approximate surface area is 169 Å². The summed E-state index contributed by atoms with van der Waals surface area (Å²) < 4.78 is 16.2. The molecule has 0 fully saturated rings. The van der Waals surface area contributed by atoms with Crippen LogP contribution in [0.2, 0.25) is 0 Å². The highest BCUT2D eigenvalue weighted by Crippen LogP contribution is 2.41. The highest BCUT2D eigenvalue weighted by molar-refractivity contribution is 5.92. The lowest BCUT2D eigenvalue weighted by Gasteiger charge is -2.11. The van der Waals surface area contributed by atoms with Crippen molar-refractivity contribution in [3.8, 4) is 50.9 Å². The average molecular weight is 386 g/mol. The van der Waals surface area contributed by atoms with Gasteiger partial charge in [0, 0.05) is 16.7 Å². The van der Waals surface area contributed by atoms with Gasteiger partial charge in [0.15, 0.2) is 0 Å². The predicted octanol–water partition coefficient (Wildman–Crippen LogP) is 5.44. The summed E-state index contributed by atoms with van der Waals surface area (Å²) in [4.78, 5) is 0. The SMILES string of the molecule is COc1ccc(-c2n[nH]c(-c3ccccc3OC)c2-c2ccc(OC)cc2)cc1. The summed E-state index contributed by atoms with van der Waals surface area (Å²) >= 11 is 0. The number of hydrogen-bond donors (Lipinski definition) is 1. The number of benzene rings is 3. The number of rotatable bonds is 6. The van der Waals surface area contributed by atoms with Crippen molar-refractivity contribution in [3.05, 3.63) is 72.8 Å². The van der Waals surface area contributed by atoms with Crippen LogP contribution in [0, 0.1) is 0 Å². The van der Waals surface area contributed by atoms with Crippen LogP contribution in [0.3, 0.4) is 0 Å². The van der Waals surface area contributed by atoms with Gasteiger partial charge in [-0.3, -0.25) is 5.10 Å². The largest absolute Gasteiger partial charge is 0.497 e. The molecule has 0 radical (unpaired) electrons. The zero-order valence-corrected chi connectivity index (χ0v) is 16.6. The number of methoxy groups -OCH3 is 3. The minimum atomic E-state index is 0.784. The van der Waals surface area contributed by atoms with Gasteiger partial charge in [0.1, 0.15) is 22.9 Å². The fourth-order valence-electron chi connectivity index (χ4n) is 3.38. The van der Waals surface area contributed by atoms with Gasteiger partial charge in [0.2, 0.25) is 0 Å². The molecule has 29 heavy (non-hydrogen) atoms. The van der Waals surface area contributed by atoms with E-state index in [1.54, 1.807) is 21.3 Å². The third-order valence-electron chi connectivity index (χ3n) is 4.88. The third kappa shape index (κ3) is 3.55. The molecule has 0 spiro atoms. The number of nitrogens with zero attached hydrogens (tertiary/aromatic N) is 1. The van der Waals surface area contributed by atoms with Crippen LogP contribution in [0.1, 0.15) is 0 Å². The van der Waals surface area contributed by atoms with Gasteiger partial charge in [0.25, 0.3) is 0 Å². The molecule has 5 heteroatoms. The Balaban J connectivity index is 1.92. The van der Waals surface area contributed by atoms with E-state index in [1.165, 1.54) is 0 Å². The molecule has 0 aliphatic heterocycles. The molecule has 1 aromatic heterocycles. The van der Waals surface area contributed by atoms with Gasteiger partial charge in [-0.25, -0.2) is 0 Å². The lowest BCUT2D eigenvalue weighted by atomic mass is 9.95. The van der Waals surface area contributed by atoms with Crippen LogP contribution in [0.25, 0.3) is 33.6 Å². The van der Waals surface area contributed by atoms with E-state index < -0.39 is 0 Å². The number of nitrogens with one attached hydrogen (secondary N) is 1. The summed E-state index contributed by atoms with van der Waals surface area (Å²) in [5.74, 6) is 2.40. The van der Waals surface area contributed by atoms with Crippen molar-refractivity contribution in [1.29, 1.82) is 0 Å². The van der Waals surface area contributed by atoms with Gasteiger partial charge in [-0.1, -0.05) is 24.3 Å². The van der Waals surface area contributed by atoms with Gasteiger partial charge in [0.05, 0.1) is 27.0 Å². The Bertz CT molecular complexity index is 1100. The topological polar surface area (TPSA) is 56.4 Å². The standard InChI is InChI=1S/C24H22N2O3/c1-27-18-12-8-16(9-13-18)22-23(17-10-14-19(28-2)15-11-17)25-26-24(22)20-6-4-5-7-21(20)29-3/h4-15H,1-3H3,(H,25,26). The summed E-state index contributed by atoms with van der Waals surface area (Å²) in [6, 6.07) is 23.8. The Morgan fingerprint density at radius 3 is 1.83 bits per heavy atom. The van der Waals surface area contributed by atoms with Crippen molar-refractivity contribution >= 4 is 0 Å². The van der Waals surface area contributed by atoms with Crippen molar-refractivity contribution < 1.29 is 14.2 Å². The molecule has 146 valence electrons. The Morgan fingerprint density at radius 2 is 1.24 bits per heavy atom. The lowest BCUT2D eigenvalue weighted by Crippen LogP contribution is -1.90. The molecule has 0 bridgehead atoms. The van der Waals surface area contributed by atoms with Crippen LogP contribution in [-0.4, -0.2) is 31.5 Å². The van der Waals surface area contributed by atoms with Crippen molar-refractivity contribution in [2.24, 2.45) is 0 Å². The molecular weight excluding hydrogens is 364 g/mol. The number of hydrogen-bond acceptors (Lipinski definition) is 4. The average Bonchev–Trinajstić information content (AvgIpc) is 3.24. The van der Waals surface area contributed by atoms with E-state index in [1.807, 2.05) is 72.8 Å². The van der Waals surface area contributed by atoms with Gasteiger partial charge in [-0.15, -0.1) is 0 Å². The number of aromatic nitrogens is 2. The van der Waals surface area contributed by atoms with Gasteiger partial charge in [-0.2, -0.15) is 5.10 Å². The molecule has 0 aliphatic rings. The van der Waals surface area contributed by atoms with Crippen LogP contribution >= 0.6 is 0 Å². The predicted molar refractivity (Wildman–Crippen MR) is 115 cm³/mol. The van der Waals surface area contributed by atoms with Gasteiger partial charge >= 0.3 is 0 Å². The molecule has 1 heterocycles. The molecule has 1 N–H and O–H groups in total. The molecule has 0 amide bonds. The first-order valence-electron chi connectivity index (χ1n) is 9.25. The summed E-state index contributed by atoms with van der Waals surface area (Å²) in [6.07, 6.45) is 0. The van der Waals surface area contributed by atoms with Crippen LogP contribution < -0.4 is 14.2 Å². The van der Waals surface area contributed by atoms with E-state index in [0.717, 1.165) is 50.9 Å². The molecule has 0 saturated carbocycles. The quantitative estimate of drug-likeness (QED) is 0.480. The fourth-order valence-corrected chi connectivity index (χ4v) is 3.38. The van der Waals surface area contributed by atoms with E-state index in [-0.39, 0.29) is 0 Å². The first-order valence-corrected chi connectivity index (χ1v) is 9.25. The van der Waals surface area contributed by atoms with Crippen molar-refractivity contribution in [2.75, 3.05) is 21.3 Å². The lowest BCUT2D eigenvalue weighted by molar-refractivity contribution is 0.414. The molecule has 4 aromatic rings. The second kappa shape index (κ2) is 8.10. The summed E-state index contributed by atoms with van der Waals surface area (Å²) in [6.45, 7) is 0. The maximum atomic E-state index is 5.59. The second-order valence-electron chi connectivity index (χ2n) is 6.48. The number of ether oxygens (including phenoxy) is 3. The second-order valence-corrected chi connectivity index (χ2v) is 6.48. The third-order valence-corrected chi connectivity index (χ3v) is 4.88. The Morgan fingerprint density at radius 1 is 0.655 bits per heavy atom. The maximum absolute atomic E-state index is 5.59. The number of para-hydroxylation sites is 1. The highest BCUT2D eigenvalue weighted by atomic mass is 16.5. The molecule has 0 unspecified atom stereocenters. The van der Waals surface area contributed by atoms with E-state index >= 15 is 0 Å². The normalized spacial score (nSPS) is 10.6. The molecule has 0 atom stereocenters. The summed E-state index contributed by atoms with van der Waals surface area (Å²) in [5.41, 5.74) is 5.74. The Hall–Kier alpha value is -3.73. The van der Waals surface area contributed by atoms with Crippen molar-refractivity contribution in [1.82, 2.24) is 10.2 Å². The fraction of sp³-hybridized carbons (Fsp3) is 0.125. The van der Waals surface area contributed by atoms with Gasteiger partial charge in [-0.05, 0) is 54.1 Å². The maximum Gasteiger partial charge on any atom is 0.128 e. The summed E-state index contributed by atoms with van der Waals surface area (Å²) in [5, 5.41) is 7.89. The number of aromatic amines is 1. The van der Waals surface area contributed by atoms with E-state index in [4.69, 9.17) is 14.2 Å². The van der Waals surface area contributed by atoms with E-state index in [9.17, 15) is 0 Å². The Kier molecular flexibility index (Phi) is 5.20. The minimum Gasteiger partial charge on any atom is -0.497 e. The summed E-state index contributed by atoms with van der Waals surface area (Å²) in [7, 11) is 4.99. The van der Waals surface area contributed by atoms with Gasteiger partial charge < -0.3 is 14.2 Å². The van der Waals surface area contributed by atoms with Crippen LogP contribution in [0.15, 0.2) is 72.8 Å². The zero-order valence-electron chi connectivity index (χ0n) is 16.6. The highest BCUT2D eigenvalue weighted by Gasteiger charge is 2.20. The smallest absolute Gasteiger partial charge is 0.128 e. The van der Waals surface area contributed by atoms with Crippen LogP contribution in [0.4, 0.5) is 0 Å². The minimum absolute atomic E-state index is 0.784. The van der Waals surface area contributed by atoms with E-state index in [2.05, 4.69) is 10.2 Å². The van der Waals surface area contributed by atoms with E-state index in [0.29, 0.717) is 0 Å². The molecule has 4 rings (SSSR count). The molecule has 0 aliphatic carbocycles. The first kappa shape index (κ1) is 18.6. The first-order chi connectivity index (χ1) is 14.2. The molecule has 0 saturated heterocycles. The molecule has 3 aromatic carbocycles. The van der Waals surface area contributed by atoms with Crippen LogP contribution in [0.5, 0.6) is 17.2 Å². The molecule has 5 nitrogen and oxygen atoms in total. The number of H-pyrrole nitrogens is 1. The monoisotopic (exact) mass is 386 g/mol. The van der Waals surface area contributed by atoms with Crippen LogP contribution in [-0.2, 0) is 0 Å². The van der Waals surface area contributed by atoms with Crippen molar-refractivity contribution in [3.63, 3.8) is 0 Å².